The Balaban J connectivity index is 0.000000224. The molecule has 2 aromatic heterocycles. The number of hydrogen-bond acceptors (Lipinski definition) is 10. The summed E-state index contributed by atoms with van der Waals surface area (Å²) in [5, 5.41) is 49.5. The van der Waals surface area contributed by atoms with Crippen LogP contribution in [0.25, 0.3) is 11.4 Å². The zero-order chi connectivity index (χ0) is 35.8. The molecule has 258 valence electrons. The van der Waals surface area contributed by atoms with Gasteiger partial charge in [-0.25, -0.2) is 9.36 Å². The molecule has 2 heterocycles. The van der Waals surface area contributed by atoms with Crippen molar-refractivity contribution in [2.75, 3.05) is 0 Å². The predicted octanol–water partition coefficient (Wildman–Crippen LogP) is 6.63. The van der Waals surface area contributed by atoms with Crippen LogP contribution in [0.2, 0.25) is 0 Å². The predicted molar refractivity (Wildman–Crippen MR) is 190 cm³/mol. The first-order valence-electron chi connectivity index (χ1n) is 15.4. The van der Waals surface area contributed by atoms with Crippen molar-refractivity contribution in [1.29, 1.82) is 0 Å². The fraction of sp³-hybridized carbons (Fsp3) is 0.105. The smallest absolute Gasteiger partial charge is 0.223 e. The number of ketones is 1. The van der Waals surface area contributed by atoms with Crippen LogP contribution in [0.15, 0.2) is 107 Å². The Labute approximate surface area is 304 Å². The average molecular weight is 723 g/mol. The van der Waals surface area contributed by atoms with Crippen LogP contribution in [0.1, 0.15) is 45.4 Å². The normalized spacial score (nSPS) is 10.9. The molecule has 51 heavy (non-hydrogen) atoms. The zero-order valence-corrected chi connectivity index (χ0v) is 29.1. The van der Waals surface area contributed by atoms with Crippen LogP contribution in [0.5, 0.6) is 23.3 Å². The van der Waals surface area contributed by atoms with Crippen molar-refractivity contribution in [3.8, 4) is 34.6 Å². The Bertz CT molecular complexity index is 2210. The van der Waals surface area contributed by atoms with Crippen LogP contribution in [0.4, 0.5) is 11.4 Å². The average Bonchev–Trinajstić information content (AvgIpc) is 3.57. The maximum absolute atomic E-state index is 11.7. The van der Waals surface area contributed by atoms with Crippen molar-refractivity contribution in [1.82, 2.24) is 19.6 Å². The van der Waals surface area contributed by atoms with Crippen molar-refractivity contribution in [3.05, 3.63) is 131 Å². The molecule has 0 atom stereocenters. The molecule has 0 unspecified atom stereocenters. The molecule has 0 radical (unpaired) electrons. The van der Waals surface area contributed by atoms with Gasteiger partial charge < -0.3 is 25.2 Å². The molecule has 4 N–H and O–H groups in total. The molecule has 0 saturated carbocycles. The maximum atomic E-state index is 11.7. The number of hydrogen-bond donors (Lipinski definition) is 4. The van der Waals surface area contributed by atoms with E-state index in [1.54, 1.807) is 38.1 Å². The number of aromatic hydroxyl groups is 4. The van der Waals surface area contributed by atoms with Gasteiger partial charge in [0, 0.05) is 41.8 Å². The summed E-state index contributed by atoms with van der Waals surface area (Å²) in [5.41, 5.74) is 5.06. The molecular formula is C38H34CrN6O6. The summed E-state index contributed by atoms with van der Waals surface area (Å²) < 4.78 is 2.84. The summed E-state index contributed by atoms with van der Waals surface area (Å²) >= 11 is 0. The molecular weight excluding hydrogens is 688 g/mol. The first-order valence-corrected chi connectivity index (χ1v) is 15.4. The van der Waals surface area contributed by atoms with Gasteiger partial charge in [-0.1, -0.05) is 48.5 Å². The number of para-hydroxylation sites is 3. The molecule has 13 heteroatoms. The van der Waals surface area contributed by atoms with Crippen molar-refractivity contribution in [2.24, 2.45) is 9.98 Å². The number of benzene rings is 4. The van der Waals surface area contributed by atoms with E-state index in [-0.39, 0.29) is 58.5 Å². The van der Waals surface area contributed by atoms with Gasteiger partial charge in [0.15, 0.2) is 5.78 Å². The van der Waals surface area contributed by atoms with Crippen LogP contribution in [-0.4, -0.2) is 64.5 Å². The van der Waals surface area contributed by atoms with Crippen molar-refractivity contribution in [2.45, 2.75) is 27.2 Å². The van der Waals surface area contributed by atoms with Crippen LogP contribution in [-0.2, 0) is 28.6 Å². The summed E-state index contributed by atoms with van der Waals surface area (Å²) in [4.78, 5) is 30.8. The Morgan fingerprint density at radius 3 is 1.75 bits per heavy atom. The summed E-state index contributed by atoms with van der Waals surface area (Å²) in [6.07, 6.45) is 3.90. The fourth-order valence-corrected chi connectivity index (χ4v) is 4.96. The molecule has 0 amide bonds. The van der Waals surface area contributed by atoms with Gasteiger partial charge in [-0.05, 0) is 74.9 Å². The van der Waals surface area contributed by atoms with Gasteiger partial charge in [0.25, 0.3) is 0 Å². The molecule has 12 nitrogen and oxygen atoms in total. The third-order valence-electron chi connectivity index (χ3n) is 7.57. The second kappa shape index (κ2) is 16.9. The maximum Gasteiger partial charge on any atom is 0.223 e. The minimum absolute atomic E-state index is 0. The Kier molecular flexibility index (Phi) is 12.4. The molecule has 6 rings (SSSR count). The van der Waals surface area contributed by atoms with E-state index in [9.17, 15) is 30.0 Å². The van der Waals surface area contributed by atoms with E-state index >= 15 is 0 Å². The topological polar surface area (TPSA) is 175 Å². The summed E-state index contributed by atoms with van der Waals surface area (Å²) in [7, 11) is 0. The first kappa shape index (κ1) is 37.5. The van der Waals surface area contributed by atoms with Gasteiger partial charge in [-0.3, -0.25) is 14.8 Å². The number of carbonyl (C=O) groups excluding carboxylic acids is 2. The molecule has 0 aliphatic carbocycles. The molecule has 0 bridgehead atoms. The largest absolute Gasteiger partial charge is 0.506 e. The Morgan fingerprint density at radius 1 is 0.706 bits per heavy atom. The number of phenols is 2. The number of carbonyl (C=O) groups is 2. The van der Waals surface area contributed by atoms with Crippen LogP contribution in [0, 0.1) is 13.8 Å². The van der Waals surface area contributed by atoms with E-state index in [0.29, 0.717) is 33.8 Å². The number of aromatic nitrogens is 4. The number of phenolic OH excluding ortho intramolecular Hbond substituents is 2. The van der Waals surface area contributed by atoms with Crippen LogP contribution >= 0.6 is 0 Å². The molecule has 6 aromatic rings. The van der Waals surface area contributed by atoms with Crippen molar-refractivity contribution >= 4 is 35.9 Å². The summed E-state index contributed by atoms with van der Waals surface area (Å²) in [6, 6.07) is 27.9. The van der Waals surface area contributed by atoms with Crippen LogP contribution < -0.4 is 0 Å². The van der Waals surface area contributed by atoms with E-state index in [2.05, 4.69) is 20.2 Å². The number of aliphatic imine (C=N–C) groups is 2. The van der Waals surface area contributed by atoms with E-state index in [1.807, 2.05) is 60.7 Å². The Hall–Kier alpha value is -6.29. The number of aryl methyl sites for hydroxylation is 2. The van der Waals surface area contributed by atoms with E-state index in [1.165, 1.54) is 40.8 Å². The number of Topliss-reactive ketones (excluding diaryl/α,β-unsaturated/α-hetero) is 1. The van der Waals surface area contributed by atoms with Gasteiger partial charge >= 0.3 is 0 Å². The summed E-state index contributed by atoms with van der Waals surface area (Å²) in [5.74, 6) is -0.401. The van der Waals surface area contributed by atoms with Crippen molar-refractivity contribution < 1.29 is 47.4 Å². The minimum Gasteiger partial charge on any atom is -0.506 e. The molecule has 4 aromatic carbocycles. The van der Waals surface area contributed by atoms with Gasteiger partial charge in [-0.15, -0.1) is 0 Å². The quantitative estimate of drug-likeness (QED) is 0.0731. The van der Waals surface area contributed by atoms with E-state index in [0.717, 1.165) is 23.2 Å². The number of aldehydes is 1. The second-order valence-corrected chi connectivity index (χ2v) is 11.1. The first-order chi connectivity index (χ1) is 24.1. The fourth-order valence-electron chi connectivity index (χ4n) is 4.96. The van der Waals surface area contributed by atoms with E-state index in [4.69, 9.17) is 0 Å². The molecule has 0 aliphatic rings. The van der Waals surface area contributed by atoms with Crippen LogP contribution in [0.3, 0.4) is 0 Å². The zero-order valence-electron chi connectivity index (χ0n) is 27.9. The molecule has 0 aliphatic heterocycles. The third-order valence-corrected chi connectivity index (χ3v) is 7.57. The minimum atomic E-state index is -0.205. The van der Waals surface area contributed by atoms with Gasteiger partial charge in [0.05, 0.1) is 33.9 Å². The summed E-state index contributed by atoms with van der Waals surface area (Å²) in [6.45, 7) is 4.92. The van der Waals surface area contributed by atoms with Gasteiger partial charge in [0.1, 0.15) is 29.2 Å². The Morgan fingerprint density at radius 2 is 1.24 bits per heavy atom. The third kappa shape index (κ3) is 8.66. The number of nitrogens with zero attached hydrogens (tertiary/aromatic N) is 6. The molecule has 0 fully saturated rings. The monoisotopic (exact) mass is 722 g/mol. The number of rotatable bonds is 9. The van der Waals surface area contributed by atoms with Crippen molar-refractivity contribution in [3.63, 3.8) is 0 Å². The SMILES string of the molecule is CC(=O)c1cccc(O)c1N=Cc1c(C)nn(-c2ccccc2)c1O.Cc1nn(-c2ccccc2)c(O)c1C=Nc1cc(CC=O)ccc1O.[Cr]. The standard InChI is InChI=1S/2C19H17N3O3.Cr/c1-12-16(19(25)22(21-12)14-7-4-3-5-8-14)11-20-18-15(13(2)23)9-6-10-17(18)24;1-13-16(19(25)22(21-13)15-5-3-2-4-6-15)12-20-17-11-14(9-10-23)7-8-18(17)24;/h3-11,24-25H,1-2H3;2-8,10-12,24-25H,9H2,1H3;. The molecule has 0 spiro atoms. The van der Waals surface area contributed by atoms with Gasteiger partial charge in [-0.2, -0.15) is 10.2 Å². The van der Waals surface area contributed by atoms with E-state index < -0.39 is 0 Å². The second-order valence-electron chi connectivity index (χ2n) is 11.1. The molecule has 0 saturated heterocycles. The van der Waals surface area contributed by atoms with Gasteiger partial charge in [0.2, 0.25) is 11.8 Å².